The van der Waals surface area contributed by atoms with Gasteiger partial charge in [0.25, 0.3) is 0 Å². The number of ketones is 1. The van der Waals surface area contributed by atoms with E-state index in [1.54, 1.807) is 0 Å². The lowest BCUT2D eigenvalue weighted by atomic mass is 10.1. The first-order valence-electron chi connectivity index (χ1n) is 4.48. The summed E-state index contributed by atoms with van der Waals surface area (Å²) in [5, 5.41) is 0. The average molecular weight is 250 g/mol. The fourth-order valence-corrected chi connectivity index (χ4v) is 1.36. The molecule has 88 valence electrons. The van der Waals surface area contributed by atoms with Crippen LogP contribution in [0.4, 0.5) is 14.5 Å². The normalized spacial score (nSPS) is 10.5. The van der Waals surface area contributed by atoms with Gasteiger partial charge in [-0.3, -0.25) is 4.79 Å². The number of nitrogens with two attached hydrogens (primary N) is 1. The van der Waals surface area contributed by atoms with Crippen molar-refractivity contribution in [3.63, 3.8) is 0 Å². The minimum atomic E-state index is -2.91. The van der Waals surface area contributed by atoms with E-state index in [0.717, 1.165) is 0 Å². The van der Waals surface area contributed by atoms with Gasteiger partial charge >= 0.3 is 6.61 Å². The Morgan fingerprint density at radius 1 is 1.50 bits per heavy atom. The molecule has 0 spiro atoms. The molecule has 0 amide bonds. The number of hydrogen-bond acceptors (Lipinski definition) is 3. The predicted octanol–water partition coefficient (Wildman–Crippen LogP) is 2.68. The van der Waals surface area contributed by atoms with Crippen molar-refractivity contribution < 1.29 is 18.3 Å². The molecule has 0 atom stereocenters. The summed E-state index contributed by atoms with van der Waals surface area (Å²) in [7, 11) is 0. The number of rotatable bonds is 5. The van der Waals surface area contributed by atoms with Crippen molar-refractivity contribution in [2.24, 2.45) is 0 Å². The average Bonchev–Trinajstić information content (AvgIpc) is 2.16. The van der Waals surface area contributed by atoms with Crippen molar-refractivity contribution in [1.29, 1.82) is 0 Å². The van der Waals surface area contributed by atoms with Crippen LogP contribution in [0.15, 0.2) is 18.2 Å². The first-order valence-corrected chi connectivity index (χ1v) is 5.01. The Balaban J connectivity index is 2.87. The Morgan fingerprint density at radius 2 is 2.19 bits per heavy atom. The zero-order chi connectivity index (χ0) is 12.1. The van der Waals surface area contributed by atoms with Crippen LogP contribution in [-0.2, 0) is 0 Å². The summed E-state index contributed by atoms with van der Waals surface area (Å²) in [4.78, 5) is 11.4. The largest absolute Gasteiger partial charge is 0.435 e. The zero-order valence-corrected chi connectivity index (χ0v) is 9.01. The van der Waals surface area contributed by atoms with Crippen LogP contribution in [0.5, 0.6) is 5.75 Å². The molecule has 0 aliphatic rings. The first kappa shape index (κ1) is 12.7. The van der Waals surface area contributed by atoms with Gasteiger partial charge in [0.2, 0.25) is 0 Å². The van der Waals surface area contributed by atoms with Crippen LogP contribution in [0, 0.1) is 0 Å². The van der Waals surface area contributed by atoms with Gasteiger partial charge in [-0.25, -0.2) is 0 Å². The Labute approximate surface area is 96.1 Å². The SMILES string of the molecule is Nc1cc(OC(F)F)ccc1C(=O)CCCl. The van der Waals surface area contributed by atoms with E-state index >= 15 is 0 Å². The van der Waals surface area contributed by atoms with Crippen molar-refractivity contribution in [3.05, 3.63) is 23.8 Å². The van der Waals surface area contributed by atoms with Gasteiger partial charge in [-0.05, 0) is 12.1 Å². The Morgan fingerprint density at radius 3 is 2.69 bits per heavy atom. The first-order chi connectivity index (χ1) is 7.54. The highest BCUT2D eigenvalue weighted by atomic mass is 35.5. The summed E-state index contributed by atoms with van der Waals surface area (Å²) in [5.74, 6) is -0.112. The van der Waals surface area contributed by atoms with Crippen molar-refractivity contribution in [3.8, 4) is 5.75 Å². The van der Waals surface area contributed by atoms with Crippen LogP contribution < -0.4 is 10.5 Å². The topological polar surface area (TPSA) is 52.3 Å². The molecule has 3 nitrogen and oxygen atoms in total. The number of carbonyl (C=O) groups excluding carboxylic acids is 1. The van der Waals surface area contributed by atoms with Crippen molar-refractivity contribution in [2.45, 2.75) is 13.0 Å². The molecule has 0 saturated carbocycles. The molecule has 0 bridgehead atoms. The molecule has 0 unspecified atom stereocenters. The standard InChI is InChI=1S/C10H10ClF2NO2/c11-4-3-9(15)7-2-1-6(5-8(7)14)16-10(12)13/h1-2,5,10H,3-4,14H2. The lowest BCUT2D eigenvalue weighted by Gasteiger charge is -2.08. The summed E-state index contributed by atoms with van der Waals surface area (Å²) in [6.07, 6.45) is 0.154. The molecule has 2 N–H and O–H groups in total. The van der Waals surface area contributed by atoms with Gasteiger partial charge in [0.05, 0.1) is 0 Å². The number of Topliss-reactive ketones (excluding diaryl/α,β-unsaturated/α-hetero) is 1. The summed E-state index contributed by atoms with van der Waals surface area (Å²) in [6.45, 7) is -2.91. The maximum absolute atomic E-state index is 11.9. The number of ether oxygens (including phenoxy) is 1. The second-order valence-electron chi connectivity index (χ2n) is 2.99. The number of alkyl halides is 3. The van der Waals surface area contributed by atoms with Gasteiger partial charge in [-0.2, -0.15) is 8.78 Å². The fraction of sp³-hybridized carbons (Fsp3) is 0.300. The van der Waals surface area contributed by atoms with E-state index < -0.39 is 6.61 Å². The maximum Gasteiger partial charge on any atom is 0.387 e. The molecule has 0 saturated heterocycles. The smallest absolute Gasteiger partial charge is 0.387 e. The van der Waals surface area contributed by atoms with Gasteiger partial charge in [0, 0.05) is 29.6 Å². The number of carbonyl (C=O) groups is 1. The lowest BCUT2D eigenvalue weighted by molar-refractivity contribution is -0.0497. The molecular weight excluding hydrogens is 240 g/mol. The number of anilines is 1. The van der Waals surface area contributed by atoms with Crippen LogP contribution in [0.1, 0.15) is 16.8 Å². The van der Waals surface area contributed by atoms with Gasteiger partial charge in [-0.1, -0.05) is 0 Å². The van der Waals surface area contributed by atoms with E-state index in [4.69, 9.17) is 17.3 Å². The zero-order valence-electron chi connectivity index (χ0n) is 8.25. The highest BCUT2D eigenvalue weighted by molar-refractivity contribution is 6.19. The summed E-state index contributed by atoms with van der Waals surface area (Å²) in [5.41, 5.74) is 5.91. The monoisotopic (exact) mass is 249 g/mol. The summed E-state index contributed by atoms with van der Waals surface area (Å²) < 4.78 is 27.9. The van der Waals surface area contributed by atoms with E-state index in [-0.39, 0.29) is 35.1 Å². The summed E-state index contributed by atoms with van der Waals surface area (Å²) in [6, 6.07) is 3.81. The van der Waals surface area contributed by atoms with E-state index in [9.17, 15) is 13.6 Å². The molecule has 0 aliphatic carbocycles. The highest BCUT2D eigenvalue weighted by Crippen LogP contribution is 2.22. The van der Waals surface area contributed by atoms with Gasteiger partial charge in [0.15, 0.2) is 5.78 Å². The number of benzene rings is 1. The predicted molar refractivity (Wildman–Crippen MR) is 57.2 cm³/mol. The summed E-state index contributed by atoms with van der Waals surface area (Å²) >= 11 is 5.41. The molecule has 0 fully saturated rings. The molecule has 0 radical (unpaired) electrons. The van der Waals surface area contributed by atoms with E-state index in [1.807, 2.05) is 0 Å². The minimum Gasteiger partial charge on any atom is -0.435 e. The van der Waals surface area contributed by atoms with Crippen LogP contribution in [0.2, 0.25) is 0 Å². The van der Waals surface area contributed by atoms with Crippen LogP contribution in [0.3, 0.4) is 0 Å². The van der Waals surface area contributed by atoms with Crippen LogP contribution in [-0.4, -0.2) is 18.3 Å². The Hall–Kier alpha value is -1.36. The molecule has 0 aliphatic heterocycles. The second kappa shape index (κ2) is 5.65. The molecule has 1 rings (SSSR count). The fourth-order valence-electron chi connectivity index (χ4n) is 1.19. The molecule has 16 heavy (non-hydrogen) atoms. The quantitative estimate of drug-likeness (QED) is 0.496. The van der Waals surface area contributed by atoms with Crippen LogP contribution >= 0.6 is 11.6 Å². The van der Waals surface area contributed by atoms with Crippen molar-refractivity contribution >= 4 is 23.1 Å². The minimum absolute atomic E-state index is 0.0741. The van der Waals surface area contributed by atoms with E-state index in [0.29, 0.717) is 0 Å². The van der Waals surface area contributed by atoms with E-state index in [1.165, 1.54) is 18.2 Å². The lowest BCUT2D eigenvalue weighted by Crippen LogP contribution is -2.06. The second-order valence-corrected chi connectivity index (χ2v) is 3.37. The molecule has 0 heterocycles. The molecule has 0 aromatic heterocycles. The Kier molecular flexibility index (Phi) is 4.49. The number of hydrogen-bond donors (Lipinski definition) is 1. The third-order valence-electron chi connectivity index (χ3n) is 1.87. The molecular formula is C10H10ClF2NO2. The maximum atomic E-state index is 11.9. The van der Waals surface area contributed by atoms with Crippen LogP contribution in [0.25, 0.3) is 0 Å². The molecule has 1 aromatic carbocycles. The third-order valence-corrected chi connectivity index (χ3v) is 2.06. The van der Waals surface area contributed by atoms with E-state index in [2.05, 4.69) is 4.74 Å². The third kappa shape index (κ3) is 3.34. The Bertz CT molecular complexity index is 385. The molecule has 1 aromatic rings. The van der Waals surface area contributed by atoms with Gasteiger partial charge in [-0.15, -0.1) is 11.6 Å². The number of halogens is 3. The van der Waals surface area contributed by atoms with Crippen molar-refractivity contribution in [2.75, 3.05) is 11.6 Å². The highest BCUT2D eigenvalue weighted by Gasteiger charge is 2.11. The van der Waals surface area contributed by atoms with Gasteiger partial charge < -0.3 is 10.5 Å². The van der Waals surface area contributed by atoms with Gasteiger partial charge in [0.1, 0.15) is 5.75 Å². The molecule has 6 heteroatoms. The van der Waals surface area contributed by atoms with Crippen molar-refractivity contribution in [1.82, 2.24) is 0 Å². The number of nitrogen functional groups attached to an aromatic ring is 1.